The predicted octanol–water partition coefficient (Wildman–Crippen LogP) is 11.5. The molecule has 7 aliphatic rings. The van der Waals surface area contributed by atoms with E-state index in [4.69, 9.17) is 28.4 Å². The molecule has 8 nitrogen and oxygen atoms in total. The van der Waals surface area contributed by atoms with Crippen LogP contribution in [0.3, 0.4) is 0 Å². The normalized spacial score (nSPS) is 35.3. The number of hydrogen-bond acceptors (Lipinski definition) is 8. The third-order valence-electron chi connectivity index (χ3n) is 19.9. The van der Waals surface area contributed by atoms with Gasteiger partial charge in [0.1, 0.15) is 31.5 Å². The summed E-state index contributed by atoms with van der Waals surface area (Å²) in [4.78, 5) is 0. The Balaban J connectivity index is 0.999. The van der Waals surface area contributed by atoms with Crippen LogP contribution in [0, 0.1) is 57.7 Å². The summed E-state index contributed by atoms with van der Waals surface area (Å²) >= 11 is 0. The summed E-state index contributed by atoms with van der Waals surface area (Å²) < 4.78 is 41.8. The summed E-state index contributed by atoms with van der Waals surface area (Å²) in [6.45, 7) is 32.8. The molecular formula is C58H90N2O6. The maximum Gasteiger partial charge on any atom is 0.165 e. The Morgan fingerprint density at radius 3 is 1.94 bits per heavy atom. The van der Waals surface area contributed by atoms with E-state index in [1.54, 1.807) is 0 Å². The van der Waals surface area contributed by atoms with E-state index in [9.17, 15) is 0 Å². The topological polar surface area (TPSA) is 79.4 Å². The smallest absolute Gasteiger partial charge is 0.165 e. The summed E-state index contributed by atoms with van der Waals surface area (Å²) in [5, 5.41) is 8.14. The van der Waals surface area contributed by atoms with Gasteiger partial charge >= 0.3 is 0 Å². The Kier molecular flexibility index (Phi) is 13.2. The second kappa shape index (κ2) is 18.0. The zero-order valence-corrected chi connectivity index (χ0v) is 43.8. The number of rotatable bonds is 19. The Hall–Kier alpha value is -2.52. The second-order valence-electron chi connectivity index (χ2n) is 25.0. The van der Waals surface area contributed by atoms with E-state index in [-0.39, 0.29) is 51.5 Å². The third-order valence-corrected chi connectivity index (χ3v) is 19.9. The molecule has 4 saturated carbocycles. The van der Waals surface area contributed by atoms with E-state index >= 15 is 0 Å². The van der Waals surface area contributed by atoms with Gasteiger partial charge in [0, 0.05) is 47.6 Å². The van der Waals surface area contributed by atoms with Gasteiger partial charge in [-0.3, -0.25) is 0 Å². The molecule has 66 heavy (non-hydrogen) atoms. The molecule has 2 aromatic rings. The fraction of sp³-hybridized carbons (Fsp3) is 0.793. The summed E-state index contributed by atoms with van der Waals surface area (Å²) in [6, 6.07) is 9.41. The highest BCUT2D eigenvalue weighted by atomic mass is 16.6. The molecule has 2 N–H and O–H groups in total. The van der Waals surface area contributed by atoms with Crippen molar-refractivity contribution >= 4 is 0 Å². The van der Waals surface area contributed by atoms with Gasteiger partial charge in [0.05, 0.1) is 6.10 Å². The van der Waals surface area contributed by atoms with Crippen LogP contribution < -0.4 is 29.6 Å². The van der Waals surface area contributed by atoms with Crippen molar-refractivity contribution in [3.63, 3.8) is 0 Å². The molecule has 0 spiro atoms. The largest absolute Gasteiger partial charge is 0.486 e. The highest BCUT2D eigenvalue weighted by Crippen LogP contribution is 2.66. The zero-order chi connectivity index (χ0) is 47.1. The first-order chi connectivity index (χ1) is 31.4. The highest BCUT2D eigenvalue weighted by molar-refractivity contribution is 5.62. The van der Waals surface area contributed by atoms with Crippen LogP contribution in [0.2, 0.25) is 0 Å². The van der Waals surface area contributed by atoms with Crippen LogP contribution in [0.5, 0.6) is 23.0 Å². The van der Waals surface area contributed by atoms with Crippen LogP contribution >= 0.6 is 0 Å². The fourth-order valence-electron chi connectivity index (χ4n) is 15.1. The summed E-state index contributed by atoms with van der Waals surface area (Å²) in [6.07, 6.45) is 11.4. The molecule has 0 radical (unpaired) electrons. The van der Waals surface area contributed by atoms with Crippen LogP contribution in [0.25, 0.3) is 0 Å². The molecule has 0 aromatic heterocycles. The molecule has 2 heterocycles. The lowest BCUT2D eigenvalue weighted by molar-refractivity contribution is -0.173. The monoisotopic (exact) mass is 911 g/mol. The first-order valence-corrected chi connectivity index (χ1v) is 26.8. The number of fused-ring (bicyclic) bond motifs is 3. The van der Waals surface area contributed by atoms with E-state index < -0.39 is 0 Å². The number of hydrogen-bond donors (Lipinski definition) is 2. The van der Waals surface area contributed by atoms with Crippen LogP contribution in [0.1, 0.15) is 157 Å². The standard InChI is InChI=1S/C58H90N2O6/c1-15-38-22-24-44(49-46(38)57(16-2)40(33-59-31-36-18-19-36)30-56(12,35(5)55(9,10)11)52(62-14)53(57)66-49)63-26-27-64-45-25-23-39-28-43(60-32-37-20-21-37)42-29-41(34(4)54(6,7)8)48(61-13)51-58(42,17-3)47(39)50(45)65-51/h22-25,34-37,40-43,48,51-53,59-60H,15-21,26-33H2,1-14H3/t34-,35+,40?,41?,42?,43-,48-,51+,52+,53+,56-,57+,58+/m1/s1. The van der Waals surface area contributed by atoms with Gasteiger partial charge in [0.2, 0.25) is 0 Å². The first kappa shape index (κ1) is 48.5. The lowest BCUT2D eigenvalue weighted by atomic mass is 9.48. The van der Waals surface area contributed by atoms with E-state index in [1.807, 2.05) is 14.2 Å². The summed E-state index contributed by atoms with van der Waals surface area (Å²) in [5.41, 5.74) is 5.39. The van der Waals surface area contributed by atoms with E-state index in [1.165, 1.54) is 47.9 Å². The molecule has 5 aliphatic carbocycles. The van der Waals surface area contributed by atoms with Crippen molar-refractivity contribution in [1.29, 1.82) is 0 Å². The molecule has 2 aromatic carbocycles. The SMILES string of the molecule is CCc1ccc(OCCOc2ccc3c4c2O[C@H]2[C@H](OC)C([C@@H](C)C(C)(C)C)CC([C@H](NCC5CC5)C3)[C@@]42CC)c2c1[C@]1(CC)C(CNCC3CC3)C[C@](C)([C@@H](C)C(C)(C)C)[C@@H](OC)[C@@H]1O2. The van der Waals surface area contributed by atoms with Crippen molar-refractivity contribution < 1.29 is 28.4 Å². The average molecular weight is 911 g/mol. The van der Waals surface area contributed by atoms with E-state index in [0.717, 1.165) is 93.0 Å². The van der Waals surface area contributed by atoms with Gasteiger partial charge in [0.15, 0.2) is 23.0 Å². The maximum atomic E-state index is 7.45. The molecule has 4 fully saturated rings. The molecule has 3 unspecified atom stereocenters. The van der Waals surface area contributed by atoms with Crippen molar-refractivity contribution in [2.45, 2.75) is 189 Å². The van der Waals surface area contributed by atoms with E-state index in [0.29, 0.717) is 48.8 Å². The number of methoxy groups -OCH3 is 2. The Morgan fingerprint density at radius 2 is 1.36 bits per heavy atom. The van der Waals surface area contributed by atoms with Crippen molar-refractivity contribution in [2.24, 2.45) is 57.7 Å². The van der Waals surface area contributed by atoms with Gasteiger partial charge < -0.3 is 39.1 Å². The average Bonchev–Trinajstić information content (AvgIpc) is 4.23. The predicted molar refractivity (Wildman–Crippen MR) is 266 cm³/mol. The number of benzene rings is 2. The maximum absolute atomic E-state index is 7.45. The molecule has 9 rings (SSSR count). The third kappa shape index (κ3) is 7.92. The molecule has 0 bridgehead atoms. The van der Waals surface area contributed by atoms with Gasteiger partial charge in [-0.1, -0.05) is 95.2 Å². The number of ether oxygens (including phenoxy) is 6. The first-order valence-electron chi connectivity index (χ1n) is 26.8. The number of aryl methyl sites for hydroxylation is 1. The quantitative estimate of drug-likeness (QED) is 0.135. The van der Waals surface area contributed by atoms with Crippen LogP contribution in [-0.4, -0.2) is 77.5 Å². The van der Waals surface area contributed by atoms with Gasteiger partial charge in [0.25, 0.3) is 0 Å². The summed E-state index contributed by atoms with van der Waals surface area (Å²) in [7, 11) is 3.84. The number of nitrogens with one attached hydrogen (secondary N) is 2. The minimum atomic E-state index is -0.199. The molecular weight excluding hydrogens is 821 g/mol. The summed E-state index contributed by atoms with van der Waals surface area (Å²) in [5.74, 6) is 7.30. The minimum absolute atomic E-state index is 0.00170. The lowest BCUT2D eigenvalue weighted by Crippen LogP contribution is -2.65. The zero-order valence-electron chi connectivity index (χ0n) is 43.8. The van der Waals surface area contributed by atoms with Crippen LogP contribution in [0.15, 0.2) is 24.3 Å². The minimum Gasteiger partial charge on any atom is -0.486 e. The van der Waals surface area contributed by atoms with Gasteiger partial charge in [-0.2, -0.15) is 0 Å². The van der Waals surface area contributed by atoms with Gasteiger partial charge in [-0.25, -0.2) is 0 Å². The molecule has 368 valence electrons. The van der Waals surface area contributed by atoms with Gasteiger partial charge in [-0.15, -0.1) is 0 Å². The Bertz CT molecular complexity index is 2050. The van der Waals surface area contributed by atoms with Crippen LogP contribution in [0.4, 0.5) is 0 Å². The fourth-order valence-corrected chi connectivity index (χ4v) is 15.1. The Morgan fingerprint density at radius 1 is 0.742 bits per heavy atom. The van der Waals surface area contributed by atoms with Crippen LogP contribution in [-0.2, 0) is 33.1 Å². The lowest BCUT2D eigenvalue weighted by Gasteiger charge is -2.59. The second-order valence-corrected chi connectivity index (χ2v) is 25.0. The molecule has 8 heteroatoms. The van der Waals surface area contributed by atoms with Crippen molar-refractivity contribution in [1.82, 2.24) is 10.6 Å². The van der Waals surface area contributed by atoms with Crippen molar-refractivity contribution in [3.05, 3.63) is 46.5 Å². The molecule has 0 saturated heterocycles. The van der Waals surface area contributed by atoms with E-state index in [2.05, 4.69) is 118 Å². The highest BCUT2D eigenvalue weighted by Gasteiger charge is 2.68. The molecule has 0 amide bonds. The van der Waals surface area contributed by atoms with Crippen molar-refractivity contribution in [3.8, 4) is 23.0 Å². The van der Waals surface area contributed by atoms with Gasteiger partial charge in [-0.05, 0) is 159 Å². The van der Waals surface area contributed by atoms with Crippen molar-refractivity contribution in [2.75, 3.05) is 47.1 Å². The molecule has 2 aliphatic heterocycles. The molecule has 13 atom stereocenters. The Labute approximate surface area is 400 Å².